The van der Waals surface area contributed by atoms with Gasteiger partial charge in [-0.1, -0.05) is 18.6 Å². The molecule has 5 nitrogen and oxygen atoms in total. The number of anilines is 1. The van der Waals surface area contributed by atoms with Crippen LogP contribution in [-0.4, -0.2) is 47.8 Å². The number of ether oxygens (including phenoxy) is 1. The minimum atomic E-state index is -2.95. The minimum Gasteiger partial charge on any atom is -0.433 e. The number of hydrogen-bond acceptors (Lipinski definition) is 4. The maximum atomic E-state index is 12.4. The van der Waals surface area contributed by atoms with Crippen molar-refractivity contribution in [3.05, 3.63) is 24.3 Å². The molecule has 7 heteroatoms. The zero-order chi connectivity index (χ0) is 16.8. The standard InChI is InChI=1S/C16H22F2N2O3/c1-11(21)13-7-4-5-9-20(13)10-15(22)19-12-6-2-3-8-14(12)23-16(17)18/h2-3,6,8,11,13,16,21H,4-5,7,9-10H2,1H3,(H,19,22). The first-order chi connectivity index (χ1) is 11.0. The van der Waals surface area contributed by atoms with E-state index in [-0.39, 0.29) is 29.9 Å². The average molecular weight is 328 g/mol. The molecule has 0 spiro atoms. The molecule has 0 aromatic heterocycles. The molecule has 1 aromatic carbocycles. The molecule has 0 bridgehead atoms. The number of aliphatic hydroxyl groups is 1. The zero-order valence-electron chi connectivity index (χ0n) is 13.0. The predicted molar refractivity (Wildman–Crippen MR) is 82.6 cm³/mol. The van der Waals surface area contributed by atoms with E-state index in [0.29, 0.717) is 0 Å². The zero-order valence-corrected chi connectivity index (χ0v) is 13.0. The van der Waals surface area contributed by atoms with E-state index in [1.54, 1.807) is 19.1 Å². The first-order valence-electron chi connectivity index (χ1n) is 7.73. The lowest BCUT2D eigenvalue weighted by Gasteiger charge is -2.36. The summed E-state index contributed by atoms with van der Waals surface area (Å²) < 4.78 is 29.2. The third kappa shape index (κ3) is 5.14. The number of carbonyl (C=O) groups is 1. The quantitative estimate of drug-likeness (QED) is 0.842. The van der Waals surface area contributed by atoms with Gasteiger partial charge in [-0.05, 0) is 38.4 Å². The van der Waals surface area contributed by atoms with Crippen molar-refractivity contribution < 1.29 is 23.4 Å². The maximum Gasteiger partial charge on any atom is 0.387 e. The van der Waals surface area contributed by atoms with Gasteiger partial charge in [0.05, 0.1) is 18.3 Å². The van der Waals surface area contributed by atoms with Crippen LogP contribution in [0, 0.1) is 0 Å². The molecule has 1 amide bonds. The molecular weight excluding hydrogens is 306 g/mol. The van der Waals surface area contributed by atoms with E-state index in [1.165, 1.54) is 12.1 Å². The number of nitrogens with one attached hydrogen (secondary N) is 1. The van der Waals surface area contributed by atoms with E-state index < -0.39 is 12.7 Å². The van der Waals surface area contributed by atoms with E-state index in [1.807, 2.05) is 4.90 Å². The van der Waals surface area contributed by atoms with Crippen LogP contribution >= 0.6 is 0 Å². The Labute approximate surface area is 134 Å². The third-order valence-corrected chi connectivity index (χ3v) is 3.94. The Hall–Kier alpha value is -1.73. The molecule has 1 heterocycles. The summed E-state index contributed by atoms with van der Waals surface area (Å²) in [5.74, 6) is -0.385. The SMILES string of the molecule is CC(O)C1CCCCN1CC(=O)Nc1ccccc1OC(F)F. The number of para-hydroxylation sites is 2. The number of likely N-dealkylation sites (tertiary alicyclic amines) is 1. The van der Waals surface area contributed by atoms with Crippen LogP contribution in [0.25, 0.3) is 0 Å². The van der Waals surface area contributed by atoms with Crippen LogP contribution in [0.4, 0.5) is 14.5 Å². The van der Waals surface area contributed by atoms with Gasteiger partial charge in [0.15, 0.2) is 0 Å². The second-order valence-electron chi connectivity index (χ2n) is 5.70. The molecule has 2 atom stereocenters. The number of halogens is 2. The van der Waals surface area contributed by atoms with Gasteiger partial charge in [0, 0.05) is 6.04 Å². The molecule has 2 rings (SSSR count). The molecular formula is C16H22F2N2O3. The first kappa shape index (κ1) is 17.6. The van der Waals surface area contributed by atoms with Crippen LogP contribution in [0.3, 0.4) is 0 Å². The molecule has 2 unspecified atom stereocenters. The minimum absolute atomic E-state index is 0.0537. The number of amides is 1. The van der Waals surface area contributed by atoms with Gasteiger partial charge in [-0.2, -0.15) is 8.78 Å². The van der Waals surface area contributed by atoms with E-state index in [2.05, 4.69) is 10.1 Å². The highest BCUT2D eigenvalue weighted by molar-refractivity contribution is 5.93. The van der Waals surface area contributed by atoms with E-state index in [0.717, 1.165) is 25.8 Å². The average Bonchev–Trinajstić information content (AvgIpc) is 2.49. The Bertz CT molecular complexity index is 526. The Balaban J connectivity index is 1.99. The third-order valence-electron chi connectivity index (χ3n) is 3.94. The topological polar surface area (TPSA) is 61.8 Å². The Kier molecular flexibility index (Phi) is 6.29. The van der Waals surface area contributed by atoms with Gasteiger partial charge in [0.1, 0.15) is 5.75 Å². The van der Waals surface area contributed by atoms with Crippen molar-refractivity contribution in [3.8, 4) is 5.75 Å². The Morgan fingerprint density at radius 1 is 1.43 bits per heavy atom. The molecule has 1 aromatic rings. The van der Waals surface area contributed by atoms with E-state index >= 15 is 0 Å². The number of nitrogens with zero attached hydrogens (tertiary/aromatic N) is 1. The van der Waals surface area contributed by atoms with Gasteiger partial charge in [-0.3, -0.25) is 9.69 Å². The number of piperidine rings is 1. The molecule has 0 aliphatic carbocycles. The lowest BCUT2D eigenvalue weighted by atomic mass is 9.98. The second-order valence-corrected chi connectivity index (χ2v) is 5.70. The summed E-state index contributed by atoms with van der Waals surface area (Å²) in [5, 5.41) is 12.4. The summed E-state index contributed by atoms with van der Waals surface area (Å²) in [5.41, 5.74) is 0.211. The lowest BCUT2D eigenvalue weighted by molar-refractivity contribution is -0.119. The molecule has 0 radical (unpaired) electrons. The number of alkyl halides is 2. The van der Waals surface area contributed by atoms with Gasteiger partial charge >= 0.3 is 6.61 Å². The number of carbonyl (C=O) groups excluding carboxylic acids is 1. The monoisotopic (exact) mass is 328 g/mol. The fraction of sp³-hybridized carbons (Fsp3) is 0.562. The fourth-order valence-electron chi connectivity index (χ4n) is 2.90. The lowest BCUT2D eigenvalue weighted by Crippen LogP contribution is -2.48. The van der Waals surface area contributed by atoms with Crippen LogP contribution in [0.1, 0.15) is 26.2 Å². The normalized spacial score (nSPS) is 20.3. The molecule has 1 fully saturated rings. The van der Waals surface area contributed by atoms with Gasteiger partial charge in [0.25, 0.3) is 0 Å². The molecule has 1 saturated heterocycles. The van der Waals surface area contributed by atoms with Gasteiger partial charge in [-0.15, -0.1) is 0 Å². The van der Waals surface area contributed by atoms with E-state index in [9.17, 15) is 18.7 Å². The van der Waals surface area contributed by atoms with Crippen molar-refractivity contribution in [1.82, 2.24) is 4.90 Å². The number of benzene rings is 1. The van der Waals surface area contributed by atoms with Crippen molar-refractivity contribution in [1.29, 1.82) is 0 Å². The summed E-state index contributed by atoms with van der Waals surface area (Å²) in [7, 11) is 0. The maximum absolute atomic E-state index is 12.4. The van der Waals surface area contributed by atoms with Gasteiger partial charge < -0.3 is 15.2 Å². The number of hydrogen-bond donors (Lipinski definition) is 2. The highest BCUT2D eigenvalue weighted by Crippen LogP contribution is 2.26. The summed E-state index contributed by atoms with van der Waals surface area (Å²) in [4.78, 5) is 14.1. The molecule has 0 saturated carbocycles. The second kappa shape index (κ2) is 8.21. The summed E-state index contributed by atoms with van der Waals surface area (Å²) in [6.45, 7) is -0.390. The molecule has 1 aliphatic rings. The van der Waals surface area contributed by atoms with Crippen LogP contribution in [-0.2, 0) is 4.79 Å². The summed E-state index contributed by atoms with van der Waals surface area (Å²) in [6, 6.07) is 6.02. The highest BCUT2D eigenvalue weighted by Gasteiger charge is 2.27. The summed E-state index contributed by atoms with van der Waals surface area (Å²) >= 11 is 0. The van der Waals surface area contributed by atoms with Crippen LogP contribution in [0.5, 0.6) is 5.75 Å². The van der Waals surface area contributed by atoms with Crippen molar-refractivity contribution in [3.63, 3.8) is 0 Å². The van der Waals surface area contributed by atoms with E-state index in [4.69, 9.17) is 0 Å². The Morgan fingerprint density at radius 3 is 2.87 bits per heavy atom. The van der Waals surface area contributed by atoms with Crippen LogP contribution in [0.2, 0.25) is 0 Å². The number of rotatable bonds is 6. The predicted octanol–water partition coefficient (Wildman–Crippen LogP) is 2.46. The summed E-state index contributed by atoms with van der Waals surface area (Å²) in [6.07, 6.45) is 2.33. The van der Waals surface area contributed by atoms with Crippen molar-refractivity contribution in [2.75, 3.05) is 18.4 Å². The van der Waals surface area contributed by atoms with Crippen molar-refractivity contribution >= 4 is 11.6 Å². The molecule has 2 N–H and O–H groups in total. The molecule has 1 aliphatic heterocycles. The largest absolute Gasteiger partial charge is 0.433 e. The smallest absolute Gasteiger partial charge is 0.387 e. The van der Waals surface area contributed by atoms with Crippen molar-refractivity contribution in [2.45, 2.75) is 44.9 Å². The Morgan fingerprint density at radius 2 is 2.17 bits per heavy atom. The van der Waals surface area contributed by atoms with Crippen LogP contribution in [0.15, 0.2) is 24.3 Å². The fourth-order valence-corrected chi connectivity index (χ4v) is 2.90. The molecule has 128 valence electrons. The van der Waals surface area contributed by atoms with Gasteiger partial charge in [-0.25, -0.2) is 0 Å². The van der Waals surface area contributed by atoms with Crippen LogP contribution < -0.4 is 10.1 Å². The first-order valence-corrected chi connectivity index (χ1v) is 7.73. The van der Waals surface area contributed by atoms with Crippen molar-refractivity contribution in [2.24, 2.45) is 0 Å². The van der Waals surface area contributed by atoms with Gasteiger partial charge in [0.2, 0.25) is 5.91 Å². The molecule has 23 heavy (non-hydrogen) atoms. The highest BCUT2D eigenvalue weighted by atomic mass is 19.3. The number of aliphatic hydroxyl groups excluding tert-OH is 1.